The van der Waals surface area contributed by atoms with E-state index in [9.17, 15) is 4.39 Å². The number of nitrogens with one attached hydrogen (secondary N) is 1. The van der Waals surface area contributed by atoms with Gasteiger partial charge in [-0.1, -0.05) is 6.07 Å². The van der Waals surface area contributed by atoms with E-state index in [1.807, 2.05) is 12.3 Å². The molecule has 0 spiro atoms. The molecule has 1 aromatic heterocycles. The van der Waals surface area contributed by atoms with E-state index in [1.54, 1.807) is 12.1 Å². The molecule has 19 heavy (non-hydrogen) atoms. The average molecular weight is 258 g/mol. The Morgan fingerprint density at radius 2 is 2.26 bits per heavy atom. The normalized spacial score (nSPS) is 17.1. The zero-order chi connectivity index (χ0) is 13.2. The van der Waals surface area contributed by atoms with E-state index in [0.29, 0.717) is 0 Å². The third-order valence-corrected chi connectivity index (χ3v) is 3.45. The first kappa shape index (κ1) is 12.0. The number of anilines is 1. The lowest BCUT2D eigenvalue weighted by Crippen LogP contribution is -2.08. The van der Waals surface area contributed by atoms with E-state index in [-0.39, 0.29) is 17.6 Å². The number of hydrogen-bond donors (Lipinski definition) is 1. The Morgan fingerprint density at radius 1 is 1.37 bits per heavy atom. The number of hydrogen-bond acceptors (Lipinski definition) is 3. The average Bonchev–Trinajstić information content (AvgIpc) is 2.84. The van der Waals surface area contributed by atoms with Crippen molar-refractivity contribution in [1.82, 2.24) is 4.98 Å². The molecule has 4 heteroatoms. The maximum atomic E-state index is 13.4. The van der Waals surface area contributed by atoms with Crippen LogP contribution in [0.25, 0.3) is 0 Å². The van der Waals surface area contributed by atoms with Gasteiger partial charge in [0.05, 0.1) is 18.8 Å². The zero-order valence-electron chi connectivity index (χ0n) is 10.7. The second kappa shape index (κ2) is 4.88. The van der Waals surface area contributed by atoms with Crippen LogP contribution in [0, 0.1) is 5.82 Å². The molecule has 1 N–H and O–H groups in total. The van der Waals surface area contributed by atoms with Gasteiger partial charge in [-0.3, -0.25) is 4.98 Å². The summed E-state index contributed by atoms with van der Waals surface area (Å²) in [6.07, 6.45) is 3.84. The highest BCUT2D eigenvalue weighted by atomic mass is 19.1. The van der Waals surface area contributed by atoms with E-state index in [0.717, 1.165) is 24.2 Å². The number of benzene rings is 1. The van der Waals surface area contributed by atoms with Crippen LogP contribution >= 0.6 is 0 Å². The van der Waals surface area contributed by atoms with Gasteiger partial charge >= 0.3 is 0 Å². The number of fused-ring (bicyclic) bond motifs is 1. The summed E-state index contributed by atoms with van der Waals surface area (Å²) in [6.45, 7) is 0. The second-order valence-electron chi connectivity index (χ2n) is 4.63. The Hall–Kier alpha value is -2.10. The Balaban J connectivity index is 1.83. The largest absolute Gasteiger partial charge is 0.494 e. The van der Waals surface area contributed by atoms with Crippen molar-refractivity contribution in [2.75, 3.05) is 12.4 Å². The summed E-state index contributed by atoms with van der Waals surface area (Å²) in [4.78, 5) is 4.43. The fraction of sp³-hybridized carbons (Fsp3) is 0.267. The third kappa shape index (κ3) is 2.26. The van der Waals surface area contributed by atoms with Gasteiger partial charge in [0.2, 0.25) is 0 Å². The minimum Gasteiger partial charge on any atom is -0.494 e. The van der Waals surface area contributed by atoms with Crippen molar-refractivity contribution in [3.05, 3.63) is 53.6 Å². The van der Waals surface area contributed by atoms with Crippen molar-refractivity contribution >= 4 is 5.69 Å². The Kier molecular flexibility index (Phi) is 3.07. The molecule has 0 saturated heterocycles. The van der Waals surface area contributed by atoms with Crippen LogP contribution in [0.5, 0.6) is 5.75 Å². The molecule has 1 unspecified atom stereocenters. The smallest absolute Gasteiger partial charge is 0.165 e. The number of aryl methyl sites for hydroxylation is 1. The van der Waals surface area contributed by atoms with Crippen LogP contribution in [-0.2, 0) is 6.42 Å². The molecule has 0 fully saturated rings. The van der Waals surface area contributed by atoms with Crippen molar-refractivity contribution in [2.45, 2.75) is 18.9 Å². The number of halogens is 1. The Morgan fingerprint density at radius 3 is 3.11 bits per heavy atom. The molecule has 1 atom stereocenters. The topological polar surface area (TPSA) is 34.1 Å². The highest BCUT2D eigenvalue weighted by Gasteiger charge is 2.23. The fourth-order valence-electron chi connectivity index (χ4n) is 2.50. The van der Waals surface area contributed by atoms with Gasteiger partial charge in [0.15, 0.2) is 11.6 Å². The maximum absolute atomic E-state index is 13.4. The van der Waals surface area contributed by atoms with Crippen molar-refractivity contribution < 1.29 is 9.13 Å². The van der Waals surface area contributed by atoms with Gasteiger partial charge < -0.3 is 10.1 Å². The number of aromatic nitrogens is 1. The van der Waals surface area contributed by atoms with E-state index in [2.05, 4.69) is 16.4 Å². The molecule has 1 heterocycles. The molecule has 0 saturated carbocycles. The highest BCUT2D eigenvalue weighted by Crippen LogP contribution is 2.33. The van der Waals surface area contributed by atoms with Gasteiger partial charge in [-0.25, -0.2) is 4.39 Å². The minimum absolute atomic E-state index is 0.186. The molecule has 0 bridgehead atoms. The number of nitrogens with zero attached hydrogens (tertiary/aromatic N) is 1. The SMILES string of the molecule is COc1cc(NC2CCc3cccnc32)ccc1F. The van der Waals surface area contributed by atoms with Crippen LogP contribution in [-0.4, -0.2) is 12.1 Å². The van der Waals surface area contributed by atoms with Crippen LogP contribution in [0.3, 0.4) is 0 Å². The molecule has 1 aliphatic carbocycles. The highest BCUT2D eigenvalue weighted by molar-refractivity contribution is 5.51. The van der Waals surface area contributed by atoms with Gasteiger partial charge in [0, 0.05) is 18.0 Å². The van der Waals surface area contributed by atoms with Crippen molar-refractivity contribution in [1.29, 1.82) is 0 Å². The van der Waals surface area contributed by atoms with Crippen molar-refractivity contribution in [2.24, 2.45) is 0 Å². The maximum Gasteiger partial charge on any atom is 0.165 e. The van der Waals surface area contributed by atoms with Crippen LogP contribution in [0.15, 0.2) is 36.5 Å². The van der Waals surface area contributed by atoms with Crippen LogP contribution in [0.1, 0.15) is 23.7 Å². The van der Waals surface area contributed by atoms with E-state index in [1.165, 1.54) is 18.7 Å². The molecule has 1 aliphatic rings. The molecular formula is C15H15FN2O. The molecule has 2 aromatic rings. The molecule has 3 rings (SSSR count). The van der Waals surface area contributed by atoms with Gasteiger partial charge in [-0.2, -0.15) is 0 Å². The third-order valence-electron chi connectivity index (χ3n) is 3.45. The number of ether oxygens (including phenoxy) is 1. The number of pyridine rings is 1. The Bertz CT molecular complexity index is 600. The zero-order valence-corrected chi connectivity index (χ0v) is 10.7. The quantitative estimate of drug-likeness (QED) is 0.917. The lowest BCUT2D eigenvalue weighted by atomic mass is 10.2. The summed E-state index contributed by atoms with van der Waals surface area (Å²) < 4.78 is 18.3. The second-order valence-corrected chi connectivity index (χ2v) is 4.63. The lowest BCUT2D eigenvalue weighted by molar-refractivity contribution is 0.386. The van der Waals surface area contributed by atoms with E-state index >= 15 is 0 Å². The summed E-state index contributed by atoms with van der Waals surface area (Å²) in [5.41, 5.74) is 3.22. The predicted molar refractivity (Wildman–Crippen MR) is 71.9 cm³/mol. The van der Waals surface area contributed by atoms with E-state index in [4.69, 9.17) is 4.74 Å². The van der Waals surface area contributed by atoms with Crippen LogP contribution < -0.4 is 10.1 Å². The molecule has 0 aliphatic heterocycles. The first-order valence-corrected chi connectivity index (χ1v) is 6.32. The van der Waals surface area contributed by atoms with Crippen molar-refractivity contribution in [3.8, 4) is 5.75 Å². The van der Waals surface area contributed by atoms with Gasteiger partial charge in [0.25, 0.3) is 0 Å². The van der Waals surface area contributed by atoms with Gasteiger partial charge in [-0.05, 0) is 36.6 Å². The molecule has 0 amide bonds. The Labute approximate surface area is 111 Å². The molecule has 1 aromatic carbocycles. The van der Waals surface area contributed by atoms with Gasteiger partial charge in [-0.15, -0.1) is 0 Å². The molecule has 3 nitrogen and oxygen atoms in total. The minimum atomic E-state index is -0.349. The first-order chi connectivity index (χ1) is 9.28. The summed E-state index contributed by atoms with van der Waals surface area (Å²) in [5, 5.41) is 3.39. The van der Waals surface area contributed by atoms with Crippen molar-refractivity contribution in [3.63, 3.8) is 0 Å². The summed E-state index contributed by atoms with van der Waals surface area (Å²) in [5.74, 6) is -0.0951. The standard InChI is InChI=1S/C15H15FN2O/c1-19-14-9-11(5-6-12(14)16)18-13-7-4-10-3-2-8-17-15(10)13/h2-3,5-6,8-9,13,18H,4,7H2,1H3. The van der Waals surface area contributed by atoms with Crippen LogP contribution in [0.4, 0.5) is 10.1 Å². The van der Waals surface area contributed by atoms with Crippen LogP contribution in [0.2, 0.25) is 0 Å². The molecule has 0 radical (unpaired) electrons. The number of rotatable bonds is 3. The molecular weight excluding hydrogens is 243 g/mol. The predicted octanol–water partition coefficient (Wildman–Crippen LogP) is 3.33. The monoisotopic (exact) mass is 258 g/mol. The van der Waals surface area contributed by atoms with Gasteiger partial charge in [0.1, 0.15) is 0 Å². The summed E-state index contributed by atoms with van der Waals surface area (Å²) in [7, 11) is 1.47. The number of methoxy groups -OCH3 is 1. The van der Waals surface area contributed by atoms with E-state index < -0.39 is 0 Å². The lowest BCUT2D eigenvalue weighted by Gasteiger charge is -2.15. The first-order valence-electron chi connectivity index (χ1n) is 6.32. The fourth-order valence-corrected chi connectivity index (χ4v) is 2.50. The summed E-state index contributed by atoms with van der Waals surface area (Å²) in [6, 6.07) is 9.06. The molecule has 98 valence electrons. The summed E-state index contributed by atoms with van der Waals surface area (Å²) >= 11 is 0.